The first kappa shape index (κ1) is 12.0. The highest BCUT2D eigenvalue weighted by Gasteiger charge is 2.30. The summed E-state index contributed by atoms with van der Waals surface area (Å²) in [6.07, 6.45) is 3.24. The predicted octanol–water partition coefficient (Wildman–Crippen LogP) is 1.62. The van der Waals surface area contributed by atoms with Gasteiger partial charge in [0, 0.05) is 13.1 Å². The molecule has 5 nitrogen and oxygen atoms in total. The highest BCUT2D eigenvalue weighted by Crippen LogP contribution is 2.16. The lowest BCUT2D eigenvalue weighted by molar-refractivity contribution is -0.138. The van der Waals surface area contributed by atoms with Crippen molar-refractivity contribution < 1.29 is 13.6 Å². The third kappa shape index (κ3) is 2.71. The lowest BCUT2D eigenvalue weighted by Crippen LogP contribution is -2.51. The number of furan rings is 2. The molecule has 0 radical (unpaired) electrons. The van der Waals surface area contributed by atoms with Crippen molar-refractivity contribution in [3.8, 4) is 0 Å². The van der Waals surface area contributed by atoms with Crippen LogP contribution >= 0.6 is 0 Å². The second-order valence-corrected chi connectivity index (χ2v) is 4.71. The molecule has 0 bridgehead atoms. The summed E-state index contributed by atoms with van der Waals surface area (Å²) in [5, 5.41) is 3.12. The zero-order chi connectivity index (χ0) is 13.1. The Morgan fingerprint density at radius 2 is 1.74 bits per heavy atom. The van der Waals surface area contributed by atoms with Gasteiger partial charge in [-0.3, -0.25) is 4.79 Å². The lowest BCUT2D eigenvalue weighted by atomic mass is 10.0. The van der Waals surface area contributed by atoms with Crippen LogP contribution < -0.4 is 5.32 Å². The van der Waals surface area contributed by atoms with Crippen molar-refractivity contribution >= 4 is 5.91 Å². The van der Waals surface area contributed by atoms with Crippen molar-refractivity contribution in [1.82, 2.24) is 10.2 Å². The van der Waals surface area contributed by atoms with E-state index in [1.807, 2.05) is 24.3 Å². The fraction of sp³-hybridized carbons (Fsp3) is 0.357. The van der Waals surface area contributed by atoms with Gasteiger partial charge < -0.3 is 19.1 Å². The average molecular weight is 260 g/mol. The van der Waals surface area contributed by atoms with E-state index in [4.69, 9.17) is 8.83 Å². The molecule has 1 fully saturated rings. The highest BCUT2D eigenvalue weighted by atomic mass is 16.3. The van der Waals surface area contributed by atoms with Crippen LogP contribution in [0.3, 0.4) is 0 Å². The molecule has 0 aromatic carbocycles. The molecular formula is C14H16N2O3. The number of carbonyl (C=O) groups excluding carboxylic acids is 1. The molecule has 0 atom stereocenters. The minimum atomic E-state index is 0.0740. The molecular weight excluding hydrogens is 244 g/mol. The van der Waals surface area contributed by atoms with E-state index in [0.717, 1.165) is 24.6 Å². The van der Waals surface area contributed by atoms with Gasteiger partial charge in [-0.25, -0.2) is 0 Å². The molecule has 1 amide bonds. The van der Waals surface area contributed by atoms with E-state index < -0.39 is 0 Å². The second kappa shape index (κ2) is 5.32. The number of nitrogens with zero attached hydrogens (tertiary/aromatic N) is 1. The zero-order valence-corrected chi connectivity index (χ0v) is 10.5. The van der Waals surface area contributed by atoms with Gasteiger partial charge in [0.25, 0.3) is 0 Å². The lowest BCUT2D eigenvalue weighted by Gasteiger charge is -2.31. The summed E-state index contributed by atoms with van der Waals surface area (Å²) < 4.78 is 10.6. The SMILES string of the molecule is O=C(C1CNC1)N(Cc1ccco1)Cc1ccco1. The molecule has 2 aromatic heterocycles. The molecule has 2 aromatic rings. The summed E-state index contributed by atoms with van der Waals surface area (Å²) in [6.45, 7) is 2.46. The predicted molar refractivity (Wildman–Crippen MR) is 68.0 cm³/mol. The van der Waals surface area contributed by atoms with Gasteiger partial charge >= 0.3 is 0 Å². The van der Waals surface area contributed by atoms with E-state index in [1.165, 1.54) is 0 Å². The normalized spacial score (nSPS) is 15.2. The monoisotopic (exact) mass is 260 g/mol. The zero-order valence-electron chi connectivity index (χ0n) is 10.5. The molecule has 0 aliphatic carbocycles. The maximum absolute atomic E-state index is 12.4. The minimum absolute atomic E-state index is 0.0740. The van der Waals surface area contributed by atoms with Crippen molar-refractivity contribution in [3.63, 3.8) is 0 Å². The maximum Gasteiger partial charge on any atom is 0.229 e. The molecule has 1 aliphatic heterocycles. The first-order chi connectivity index (χ1) is 9.33. The number of nitrogens with one attached hydrogen (secondary N) is 1. The number of carbonyl (C=O) groups is 1. The number of hydrogen-bond acceptors (Lipinski definition) is 4. The van der Waals surface area contributed by atoms with Crippen LogP contribution in [-0.2, 0) is 17.9 Å². The topological polar surface area (TPSA) is 58.6 Å². The van der Waals surface area contributed by atoms with Crippen LogP contribution in [-0.4, -0.2) is 23.9 Å². The van der Waals surface area contributed by atoms with Crippen LogP contribution in [0.1, 0.15) is 11.5 Å². The van der Waals surface area contributed by atoms with Gasteiger partial charge in [-0.2, -0.15) is 0 Å². The average Bonchev–Trinajstić information content (AvgIpc) is 2.98. The van der Waals surface area contributed by atoms with Crippen molar-refractivity contribution in [2.45, 2.75) is 13.1 Å². The number of amides is 1. The Bertz CT molecular complexity index is 479. The largest absolute Gasteiger partial charge is 0.467 e. The van der Waals surface area contributed by atoms with E-state index >= 15 is 0 Å². The van der Waals surface area contributed by atoms with Crippen molar-refractivity contribution in [1.29, 1.82) is 0 Å². The van der Waals surface area contributed by atoms with E-state index in [1.54, 1.807) is 17.4 Å². The van der Waals surface area contributed by atoms with Crippen LogP contribution in [0.2, 0.25) is 0 Å². The smallest absolute Gasteiger partial charge is 0.229 e. The van der Waals surface area contributed by atoms with Gasteiger partial charge in [-0.1, -0.05) is 0 Å². The number of hydrogen-bond donors (Lipinski definition) is 1. The standard InChI is InChI=1S/C14H16N2O3/c17-14(11-7-15-8-11)16(9-12-3-1-5-18-12)10-13-4-2-6-19-13/h1-6,11,15H,7-10H2. The van der Waals surface area contributed by atoms with E-state index in [0.29, 0.717) is 13.1 Å². The summed E-state index contributed by atoms with van der Waals surface area (Å²) in [5.74, 6) is 1.79. The molecule has 0 saturated carbocycles. The Morgan fingerprint density at radius 1 is 1.16 bits per heavy atom. The van der Waals surface area contributed by atoms with Crippen molar-refractivity contribution in [2.75, 3.05) is 13.1 Å². The third-order valence-electron chi connectivity index (χ3n) is 3.30. The summed E-state index contributed by atoms with van der Waals surface area (Å²) in [7, 11) is 0. The quantitative estimate of drug-likeness (QED) is 0.887. The van der Waals surface area contributed by atoms with Crippen LogP contribution in [0.15, 0.2) is 45.6 Å². The van der Waals surface area contributed by atoms with Crippen molar-refractivity contribution in [2.24, 2.45) is 5.92 Å². The van der Waals surface area contributed by atoms with E-state index in [-0.39, 0.29) is 11.8 Å². The Kier molecular flexibility index (Phi) is 3.37. The highest BCUT2D eigenvalue weighted by molar-refractivity contribution is 5.80. The van der Waals surface area contributed by atoms with Gasteiger partial charge in [0.1, 0.15) is 11.5 Å². The summed E-state index contributed by atoms with van der Waals surface area (Å²) in [6, 6.07) is 7.41. The number of rotatable bonds is 5. The Morgan fingerprint density at radius 3 is 2.11 bits per heavy atom. The molecule has 1 N–H and O–H groups in total. The van der Waals surface area contributed by atoms with Crippen molar-refractivity contribution in [3.05, 3.63) is 48.3 Å². The Labute approximate surface area is 111 Å². The molecule has 3 rings (SSSR count). The second-order valence-electron chi connectivity index (χ2n) is 4.71. The molecule has 1 aliphatic rings. The fourth-order valence-electron chi connectivity index (χ4n) is 2.11. The molecule has 19 heavy (non-hydrogen) atoms. The first-order valence-corrected chi connectivity index (χ1v) is 6.37. The summed E-state index contributed by atoms with van der Waals surface area (Å²) in [5.41, 5.74) is 0. The van der Waals surface area contributed by atoms with Gasteiger partial charge in [-0.05, 0) is 24.3 Å². The van der Waals surface area contributed by atoms with Gasteiger partial charge in [0.05, 0.1) is 31.5 Å². The molecule has 3 heterocycles. The maximum atomic E-state index is 12.4. The fourth-order valence-corrected chi connectivity index (χ4v) is 2.11. The van der Waals surface area contributed by atoms with Crippen LogP contribution in [0, 0.1) is 5.92 Å². The molecule has 5 heteroatoms. The first-order valence-electron chi connectivity index (χ1n) is 6.37. The molecule has 0 spiro atoms. The van der Waals surface area contributed by atoms with Gasteiger partial charge in [-0.15, -0.1) is 0 Å². The van der Waals surface area contributed by atoms with Crippen LogP contribution in [0.4, 0.5) is 0 Å². The Hall–Kier alpha value is -2.01. The summed E-state index contributed by atoms with van der Waals surface area (Å²) >= 11 is 0. The summed E-state index contributed by atoms with van der Waals surface area (Å²) in [4.78, 5) is 14.2. The Balaban J connectivity index is 1.72. The van der Waals surface area contributed by atoms with Crippen LogP contribution in [0.5, 0.6) is 0 Å². The minimum Gasteiger partial charge on any atom is -0.467 e. The van der Waals surface area contributed by atoms with E-state index in [2.05, 4.69) is 5.32 Å². The van der Waals surface area contributed by atoms with Gasteiger partial charge in [0.2, 0.25) is 5.91 Å². The van der Waals surface area contributed by atoms with Crippen LogP contribution in [0.25, 0.3) is 0 Å². The molecule has 0 unspecified atom stereocenters. The third-order valence-corrected chi connectivity index (χ3v) is 3.30. The van der Waals surface area contributed by atoms with Gasteiger partial charge in [0.15, 0.2) is 0 Å². The molecule has 100 valence electrons. The molecule has 1 saturated heterocycles. The van der Waals surface area contributed by atoms with E-state index in [9.17, 15) is 4.79 Å².